The Morgan fingerprint density at radius 2 is 1.75 bits per heavy atom. The maximum atomic E-state index is 13.4. The summed E-state index contributed by atoms with van der Waals surface area (Å²) in [6.07, 6.45) is 0.708. The molecule has 1 atom stereocenters. The molecule has 36 heavy (non-hydrogen) atoms. The van der Waals surface area contributed by atoms with E-state index in [1.165, 1.54) is 0 Å². The molecule has 1 aliphatic heterocycles. The standard InChI is InChI=1S/C29H32ClN3O3/c1-19(2)17-31-28(35)20(3)33(18-21-8-4-11-23(30)16-21)26(34)14-7-15-32-25-13-6-10-22-9-5-12-24(27(22)25)29(32)36/h4-6,8-13,16,19-20H,7,14-15,17-18H2,1-3H3,(H,31,35). The lowest BCUT2D eigenvalue weighted by atomic mass is 10.1. The van der Waals surface area contributed by atoms with E-state index in [1.54, 1.807) is 28.9 Å². The molecule has 0 saturated carbocycles. The van der Waals surface area contributed by atoms with Gasteiger partial charge in [0.25, 0.3) is 5.91 Å². The Kier molecular flexibility index (Phi) is 7.94. The van der Waals surface area contributed by atoms with Gasteiger partial charge in [-0.2, -0.15) is 0 Å². The summed E-state index contributed by atoms with van der Waals surface area (Å²) in [5, 5.41) is 5.51. The topological polar surface area (TPSA) is 69.7 Å². The van der Waals surface area contributed by atoms with Crippen LogP contribution in [0.3, 0.4) is 0 Å². The molecule has 188 valence electrons. The Labute approximate surface area is 217 Å². The van der Waals surface area contributed by atoms with E-state index in [2.05, 4.69) is 5.32 Å². The molecule has 1 heterocycles. The van der Waals surface area contributed by atoms with Crippen molar-refractivity contribution in [1.82, 2.24) is 10.2 Å². The molecule has 1 N–H and O–H groups in total. The van der Waals surface area contributed by atoms with Crippen molar-refractivity contribution in [1.29, 1.82) is 0 Å². The molecule has 0 spiro atoms. The molecule has 1 aliphatic rings. The number of anilines is 1. The molecule has 3 aromatic carbocycles. The maximum absolute atomic E-state index is 13.4. The van der Waals surface area contributed by atoms with Gasteiger partial charge in [0.05, 0.1) is 5.69 Å². The summed E-state index contributed by atoms with van der Waals surface area (Å²) < 4.78 is 0. The maximum Gasteiger partial charge on any atom is 0.258 e. The molecule has 3 aromatic rings. The van der Waals surface area contributed by atoms with Crippen molar-refractivity contribution in [2.75, 3.05) is 18.0 Å². The van der Waals surface area contributed by atoms with E-state index in [4.69, 9.17) is 11.6 Å². The second kappa shape index (κ2) is 11.1. The van der Waals surface area contributed by atoms with Crippen molar-refractivity contribution in [2.45, 2.75) is 46.2 Å². The quantitative estimate of drug-likeness (QED) is 0.400. The van der Waals surface area contributed by atoms with Crippen LogP contribution in [0.4, 0.5) is 5.69 Å². The van der Waals surface area contributed by atoms with Gasteiger partial charge in [0.2, 0.25) is 11.8 Å². The number of nitrogens with one attached hydrogen (secondary N) is 1. The lowest BCUT2D eigenvalue weighted by Crippen LogP contribution is -2.48. The zero-order valence-corrected chi connectivity index (χ0v) is 21.7. The number of halogens is 1. The van der Waals surface area contributed by atoms with Crippen LogP contribution in [0, 0.1) is 5.92 Å². The minimum atomic E-state index is -0.637. The third-order valence-corrected chi connectivity index (χ3v) is 6.75. The molecule has 0 bridgehead atoms. The summed E-state index contributed by atoms with van der Waals surface area (Å²) in [5.41, 5.74) is 2.45. The van der Waals surface area contributed by atoms with Crippen LogP contribution in [0.25, 0.3) is 10.8 Å². The summed E-state index contributed by atoms with van der Waals surface area (Å²) in [6, 6.07) is 18.3. The van der Waals surface area contributed by atoms with Gasteiger partial charge < -0.3 is 15.1 Å². The van der Waals surface area contributed by atoms with Gasteiger partial charge in [-0.1, -0.05) is 61.8 Å². The highest BCUT2D eigenvalue weighted by Gasteiger charge is 2.30. The van der Waals surface area contributed by atoms with E-state index in [-0.39, 0.29) is 30.7 Å². The van der Waals surface area contributed by atoms with Crippen LogP contribution >= 0.6 is 11.6 Å². The first-order chi connectivity index (χ1) is 17.3. The Bertz CT molecular complexity index is 1280. The molecular formula is C29H32ClN3O3. The number of benzene rings is 3. The van der Waals surface area contributed by atoms with E-state index < -0.39 is 6.04 Å². The average Bonchev–Trinajstić information content (AvgIpc) is 3.13. The van der Waals surface area contributed by atoms with Crippen molar-refractivity contribution in [3.05, 3.63) is 76.8 Å². The highest BCUT2D eigenvalue weighted by atomic mass is 35.5. The Hall–Kier alpha value is -3.38. The molecule has 6 nitrogen and oxygen atoms in total. The second-order valence-corrected chi connectivity index (χ2v) is 10.1. The fourth-order valence-electron chi connectivity index (χ4n) is 4.60. The summed E-state index contributed by atoms with van der Waals surface area (Å²) in [6.45, 7) is 7.06. The third kappa shape index (κ3) is 5.54. The van der Waals surface area contributed by atoms with Crippen molar-refractivity contribution in [2.24, 2.45) is 5.92 Å². The minimum absolute atomic E-state index is 0.0357. The summed E-state index contributed by atoms with van der Waals surface area (Å²) in [5.74, 6) is -0.0447. The van der Waals surface area contributed by atoms with Crippen LogP contribution in [0.1, 0.15) is 49.5 Å². The zero-order chi connectivity index (χ0) is 25.8. The van der Waals surface area contributed by atoms with E-state index in [0.717, 1.165) is 22.0 Å². The average molecular weight is 506 g/mol. The summed E-state index contributed by atoms with van der Waals surface area (Å²) in [4.78, 5) is 42.6. The molecule has 3 amide bonds. The minimum Gasteiger partial charge on any atom is -0.354 e. The molecular weight excluding hydrogens is 474 g/mol. The van der Waals surface area contributed by atoms with Gasteiger partial charge in [-0.05, 0) is 54.5 Å². The van der Waals surface area contributed by atoms with Gasteiger partial charge in [-0.15, -0.1) is 0 Å². The van der Waals surface area contributed by atoms with Crippen molar-refractivity contribution in [3.8, 4) is 0 Å². The first-order valence-electron chi connectivity index (χ1n) is 12.4. The van der Waals surface area contributed by atoms with Crippen LogP contribution < -0.4 is 10.2 Å². The number of hydrogen-bond donors (Lipinski definition) is 1. The van der Waals surface area contributed by atoms with E-state index >= 15 is 0 Å². The smallest absolute Gasteiger partial charge is 0.258 e. The molecule has 0 saturated heterocycles. The zero-order valence-electron chi connectivity index (χ0n) is 21.0. The normalized spacial score (nSPS) is 13.4. The molecule has 4 rings (SSSR count). The summed E-state index contributed by atoms with van der Waals surface area (Å²) >= 11 is 6.16. The van der Waals surface area contributed by atoms with Gasteiger partial charge in [-0.25, -0.2) is 0 Å². The van der Waals surface area contributed by atoms with Crippen molar-refractivity contribution < 1.29 is 14.4 Å². The number of nitrogens with zero attached hydrogens (tertiary/aromatic N) is 2. The second-order valence-electron chi connectivity index (χ2n) is 9.71. The van der Waals surface area contributed by atoms with E-state index in [9.17, 15) is 14.4 Å². The molecule has 7 heteroatoms. The molecule has 0 aliphatic carbocycles. The lowest BCUT2D eigenvalue weighted by molar-refractivity contribution is -0.140. The van der Waals surface area contributed by atoms with Crippen molar-refractivity contribution >= 4 is 45.8 Å². The first kappa shape index (κ1) is 25.7. The van der Waals surface area contributed by atoms with Gasteiger partial charge in [-0.3, -0.25) is 14.4 Å². The molecule has 0 aromatic heterocycles. The highest BCUT2D eigenvalue weighted by Crippen LogP contribution is 2.37. The van der Waals surface area contributed by atoms with E-state index in [1.807, 2.05) is 62.4 Å². The SMILES string of the molecule is CC(C)CNC(=O)C(C)N(Cc1cccc(Cl)c1)C(=O)CCCN1C(=O)c2cccc3cccc1c23. The van der Waals surface area contributed by atoms with E-state index in [0.29, 0.717) is 36.0 Å². The third-order valence-electron chi connectivity index (χ3n) is 6.52. The molecule has 1 unspecified atom stereocenters. The predicted octanol–water partition coefficient (Wildman–Crippen LogP) is 5.42. The summed E-state index contributed by atoms with van der Waals surface area (Å²) in [7, 11) is 0. The lowest BCUT2D eigenvalue weighted by Gasteiger charge is -2.29. The number of hydrogen-bond acceptors (Lipinski definition) is 3. The molecule has 0 radical (unpaired) electrons. The predicted molar refractivity (Wildman–Crippen MR) is 144 cm³/mol. The van der Waals surface area contributed by atoms with Crippen LogP contribution in [0.15, 0.2) is 60.7 Å². The number of carbonyl (C=O) groups excluding carboxylic acids is 3. The van der Waals surface area contributed by atoms with Gasteiger partial charge in [0.1, 0.15) is 6.04 Å². The van der Waals surface area contributed by atoms with Gasteiger partial charge in [0, 0.05) is 42.0 Å². The van der Waals surface area contributed by atoms with Crippen LogP contribution in [-0.2, 0) is 16.1 Å². The number of amides is 3. The van der Waals surface area contributed by atoms with Crippen LogP contribution in [0.5, 0.6) is 0 Å². The fourth-order valence-corrected chi connectivity index (χ4v) is 4.81. The Balaban J connectivity index is 1.45. The van der Waals surface area contributed by atoms with Gasteiger partial charge >= 0.3 is 0 Å². The molecule has 0 fully saturated rings. The van der Waals surface area contributed by atoms with Crippen LogP contribution in [-0.4, -0.2) is 41.8 Å². The fraction of sp³-hybridized carbons (Fsp3) is 0.345. The number of carbonyl (C=O) groups is 3. The monoisotopic (exact) mass is 505 g/mol. The van der Waals surface area contributed by atoms with Crippen LogP contribution in [0.2, 0.25) is 5.02 Å². The van der Waals surface area contributed by atoms with Gasteiger partial charge in [0.15, 0.2) is 0 Å². The van der Waals surface area contributed by atoms with Crippen molar-refractivity contribution in [3.63, 3.8) is 0 Å². The first-order valence-corrected chi connectivity index (χ1v) is 12.8. The Morgan fingerprint density at radius 3 is 2.47 bits per heavy atom. The highest BCUT2D eigenvalue weighted by molar-refractivity contribution is 6.30. The Morgan fingerprint density at radius 1 is 1.03 bits per heavy atom. The number of rotatable bonds is 10. The largest absolute Gasteiger partial charge is 0.354 e.